The molecule has 0 nitrogen and oxygen atoms in total. The van der Waals surface area contributed by atoms with Gasteiger partial charge in [0.25, 0.3) is 0 Å². The molecule has 0 spiro atoms. The van der Waals surface area contributed by atoms with Gasteiger partial charge in [-0.2, -0.15) is 0 Å². The molecule has 3 heteroatoms. The Morgan fingerprint density at radius 3 is 1.48 bits per heavy atom. The summed E-state index contributed by atoms with van der Waals surface area (Å²) in [5.41, 5.74) is 10.3. The van der Waals surface area contributed by atoms with E-state index in [-0.39, 0.29) is 44.0 Å². The fraction of sp³-hybridized carbons (Fsp3) is 0.556. The summed E-state index contributed by atoms with van der Waals surface area (Å²) < 4.78 is 3.74. The molecule has 21 heavy (non-hydrogen) atoms. The molecule has 3 aliphatic rings. The molecular formula is C18H24Cl2Ti. The van der Waals surface area contributed by atoms with Crippen molar-refractivity contribution in [1.29, 1.82) is 0 Å². The number of hydrogen-bond acceptors (Lipinski definition) is 0. The van der Waals surface area contributed by atoms with Crippen LogP contribution in [0.15, 0.2) is 41.2 Å². The molecule has 0 unspecified atom stereocenters. The minimum Gasteiger partial charge on any atom is -1.00 e. The summed E-state index contributed by atoms with van der Waals surface area (Å²) in [4.78, 5) is 0. The van der Waals surface area contributed by atoms with E-state index >= 15 is 0 Å². The Morgan fingerprint density at radius 1 is 0.762 bits per heavy atom. The third-order valence-corrected chi connectivity index (χ3v) is 7.65. The molecule has 1 fully saturated rings. The Hall–Kier alpha value is 0.254. The van der Waals surface area contributed by atoms with Gasteiger partial charge in [-0.1, -0.05) is 0 Å². The summed E-state index contributed by atoms with van der Waals surface area (Å²) in [7, 11) is 0. The molecule has 0 amide bonds. The number of fused-ring (bicyclic) bond motifs is 4. The van der Waals surface area contributed by atoms with E-state index in [0.717, 1.165) is 0 Å². The Balaban J connectivity index is 0.00000110. The van der Waals surface area contributed by atoms with Crippen molar-refractivity contribution in [2.24, 2.45) is 0 Å². The first-order chi connectivity index (χ1) is 9.15. The van der Waals surface area contributed by atoms with Gasteiger partial charge < -0.3 is 24.8 Å². The zero-order chi connectivity index (χ0) is 13.6. The topological polar surface area (TPSA) is 0 Å². The van der Waals surface area contributed by atoms with Gasteiger partial charge in [0, 0.05) is 0 Å². The minimum atomic E-state index is -0.0218. The van der Waals surface area contributed by atoms with E-state index in [0.29, 0.717) is 0 Å². The molecule has 1 heterocycles. The summed E-state index contributed by atoms with van der Waals surface area (Å²) >= 11 is -0.0218. The monoisotopic (exact) mass is 358 g/mol. The van der Waals surface area contributed by atoms with E-state index in [1.54, 1.807) is 33.4 Å². The fourth-order valence-electron chi connectivity index (χ4n) is 4.02. The average molecular weight is 359 g/mol. The molecule has 1 saturated heterocycles. The van der Waals surface area contributed by atoms with Crippen LogP contribution in [0.25, 0.3) is 0 Å². The molecule has 0 aromatic carbocycles. The van der Waals surface area contributed by atoms with Crippen molar-refractivity contribution in [2.75, 3.05) is 0 Å². The third-order valence-electron chi connectivity index (χ3n) is 5.21. The Bertz CT molecular complexity index is 512. The van der Waals surface area contributed by atoms with Crippen molar-refractivity contribution in [3.8, 4) is 0 Å². The van der Waals surface area contributed by atoms with Crippen LogP contribution in [0, 0.1) is 0 Å². The molecule has 0 aromatic rings. The van der Waals surface area contributed by atoms with Crippen LogP contribution in [0.3, 0.4) is 0 Å². The second kappa shape index (κ2) is 7.69. The summed E-state index contributed by atoms with van der Waals surface area (Å²) in [6.07, 6.45) is 7.82. The van der Waals surface area contributed by atoms with E-state index in [9.17, 15) is 0 Å². The first-order valence-electron chi connectivity index (χ1n) is 7.74. The SMILES string of the molecule is CCC1=[C]2CC(=C1C)CCC1=C(C)C(CC)=[C](C1)[Ti+2]2.[Cl-].[Cl-]. The molecule has 2 aliphatic carbocycles. The predicted octanol–water partition coefficient (Wildman–Crippen LogP) is -0.361. The smallest absolute Gasteiger partial charge is 1.00 e. The average Bonchev–Trinajstić information content (AvgIpc) is 2.88. The van der Waals surface area contributed by atoms with Crippen LogP contribution < -0.4 is 24.8 Å². The summed E-state index contributed by atoms with van der Waals surface area (Å²) in [6, 6.07) is 0. The number of hydrogen-bond donors (Lipinski definition) is 0. The van der Waals surface area contributed by atoms with Crippen LogP contribution in [-0.2, 0) is 19.2 Å². The maximum absolute atomic E-state index is 2.38. The molecule has 0 N–H and O–H groups in total. The van der Waals surface area contributed by atoms with Gasteiger partial charge in [0.2, 0.25) is 0 Å². The van der Waals surface area contributed by atoms with Gasteiger partial charge in [0.05, 0.1) is 0 Å². The molecule has 0 saturated carbocycles. The number of halogens is 2. The fourth-order valence-corrected chi connectivity index (χ4v) is 7.14. The van der Waals surface area contributed by atoms with Crippen molar-refractivity contribution in [1.82, 2.24) is 0 Å². The van der Waals surface area contributed by atoms with Gasteiger partial charge >= 0.3 is 127 Å². The second-order valence-electron chi connectivity index (χ2n) is 6.06. The molecule has 0 atom stereocenters. The van der Waals surface area contributed by atoms with Crippen molar-refractivity contribution in [3.05, 3.63) is 41.2 Å². The molecule has 4 bridgehead atoms. The molecule has 3 rings (SSSR count). The van der Waals surface area contributed by atoms with Crippen LogP contribution in [0.5, 0.6) is 0 Å². The van der Waals surface area contributed by atoms with Crippen LogP contribution in [-0.4, -0.2) is 0 Å². The molecular weight excluding hydrogens is 335 g/mol. The van der Waals surface area contributed by atoms with Gasteiger partial charge in [0.1, 0.15) is 0 Å². The van der Waals surface area contributed by atoms with Gasteiger partial charge in [-0.25, -0.2) is 0 Å². The zero-order valence-corrected chi connectivity index (χ0v) is 16.6. The molecule has 0 radical (unpaired) electrons. The Kier molecular flexibility index (Phi) is 7.07. The normalized spacial score (nSPS) is 20.4. The number of allylic oxidation sites excluding steroid dienone is 8. The van der Waals surface area contributed by atoms with Crippen LogP contribution >= 0.6 is 0 Å². The first-order valence-corrected chi connectivity index (χ1v) is 9.30. The Labute approximate surface area is 151 Å². The largest absolute Gasteiger partial charge is 1.00 e. The minimum absolute atomic E-state index is 0. The third kappa shape index (κ3) is 3.30. The second-order valence-corrected chi connectivity index (χ2v) is 8.33. The van der Waals surface area contributed by atoms with Crippen molar-refractivity contribution < 1.29 is 44.0 Å². The molecule has 1 aliphatic heterocycles. The van der Waals surface area contributed by atoms with E-state index in [4.69, 9.17) is 0 Å². The van der Waals surface area contributed by atoms with Gasteiger partial charge in [-0.15, -0.1) is 0 Å². The van der Waals surface area contributed by atoms with Crippen molar-refractivity contribution in [3.63, 3.8) is 0 Å². The standard InChI is InChI=1S/C18H24.2ClH.Ti/c1-5-15-7-9-17(13(15)3)11-12-18-10-8-16(6-2)14(18)4;;;/h5-6,9-12H2,1-4H3;2*1H;/q;;;+2/p-2. The summed E-state index contributed by atoms with van der Waals surface area (Å²) in [5.74, 6) is 0. The van der Waals surface area contributed by atoms with Crippen LogP contribution in [0.1, 0.15) is 66.2 Å². The van der Waals surface area contributed by atoms with Gasteiger partial charge in [0.15, 0.2) is 0 Å². The summed E-state index contributed by atoms with van der Waals surface area (Å²) in [6.45, 7) is 9.46. The van der Waals surface area contributed by atoms with E-state index in [2.05, 4.69) is 27.7 Å². The Morgan fingerprint density at radius 2 is 1.14 bits per heavy atom. The van der Waals surface area contributed by atoms with E-state index in [1.165, 1.54) is 38.5 Å². The van der Waals surface area contributed by atoms with Crippen molar-refractivity contribution in [2.45, 2.75) is 66.2 Å². The van der Waals surface area contributed by atoms with E-state index in [1.807, 2.05) is 7.76 Å². The maximum Gasteiger partial charge on any atom is -1.00 e. The summed E-state index contributed by atoms with van der Waals surface area (Å²) in [5, 5.41) is 0. The van der Waals surface area contributed by atoms with Crippen LogP contribution in [0.2, 0.25) is 0 Å². The zero-order valence-electron chi connectivity index (χ0n) is 13.5. The van der Waals surface area contributed by atoms with Crippen LogP contribution in [0.4, 0.5) is 0 Å². The van der Waals surface area contributed by atoms with Gasteiger partial charge in [-0.3, -0.25) is 0 Å². The maximum atomic E-state index is 2.38. The first kappa shape index (κ1) is 19.3. The number of rotatable bonds is 2. The van der Waals surface area contributed by atoms with Crippen molar-refractivity contribution >= 4 is 0 Å². The molecule has 114 valence electrons. The quantitative estimate of drug-likeness (QED) is 0.591. The van der Waals surface area contributed by atoms with Gasteiger partial charge in [-0.05, 0) is 0 Å². The predicted molar refractivity (Wildman–Crippen MR) is 78.5 cm³/mol. The van der Waals surface area contributed by atoms with E-state index < -0.39 is 0 Å². The molecule has 0 aromatic heterocycles.